The number of anilines is 1. The minimum atomic E-state index is -4.45. The largest absolute Gasteiger partial charge is 0.406 e. The van der Waals surface area contributed by atoms with Gasteiger partial charge in [0.1, 0.15) is 17.5 Å². The first kappa shape index (κ1) is 17.9. The van der Waals surface area contributed by atoms with Crippen molar-refractivity contribution in [1.82, 2.24) is 9.55 Å². The summed E-state index contributed by atoms with van der Waals surface area (Å²) in [4.78, 5) is 2.57. The first-order valence-corrected chi connectivity index (χ1v) is 8.85. The lowest BCUT2D eigenvalue weighted by atomic mass is 10.1. The summed E-state index contributed by atoms with van der Waals surface area (Å²) in [6, 6.07) is 6.30. The second-order valence-electron chi connectivity index (χ2n) is 5.73. The molecule has 0 saturated heterocycles. The molecule has 3 rings (SSSR count). The molecule has 0 spiro atoms. The Labute approximate surface area is 146 Å². The van der Waals surface area contributed by atoms with Crippen LogP contribution in [-0.4, -0.2) is 24.1 Å². The van der Waals surface area contributed by atoms with E-state index in [0.717, 1.165) is 28.6 Å². The lowest BCUT2D eigenvalue weighted by molar-refractivity contribution is -0.140. The number of hydrogen-bond donors (Lipinski definition) is 2. The van der Waals surface area contributed by atoms with Crippen molar-refractivity contribution in [2.24, 2.45) is 0 Å². The maximum absolute atomic E-state index is 12.5. The maximum atomic E-state index is 12.5. The normalized spacial score (nSPS) is 12.3. The lowest BCUT2D eigenvalue weighted by Gasteiger charge is -2.10. The standard InChI is InChI=1S/C16H13F3N4O2S/c1-10-2-3-13(15-14(10)11(6-20)7-21-15)22-26(24,25)12-4-5-23(8-12)9-16(17,18)19/h2-5,7-8,21-22H,9H2,1H3. The highest BCUT2D eigenvalue weighted by atomic mass is 32.2. The summed E-state index contributed by atoms with van der Waals surface area (Å²) in [7, 11) is -4.09. The van der Waals surface area contributed by atoms with Gasteiger partial charge in [-0.2, -0.15) is 18.4 Å². The Balaban J connectivity index is 1.96. The summed E-state index contributed by atoms with van der Waals surface area (Å²) < 4.78 is 65.4. The number of fused-ring (bicyclic) bond motifs is 1. The van der Waals surface area contributed by atoms with Crippen LogP contribution < -0.4 is 4.72 Å². The molecule has 2 aromatic heterocycles. The van der Waals surface area contributed by atoms with Crippen LogP contribution in [0, 0.1) is 18.3 Å². The van der Waals surface area contributed by atoms with Crippen molar-refractivity contribution in [1.29, 1.82) is 5.26 Å². The molecule has 136 valence electrons. The first-order valence-electron chi connectivity index (χ1n) is 7.37. The van der Waals surface area contributed by atoms with Gasteiger partial charge in [0, 0.05) is 24.0 Å². The predicted molar refractivity (Wildman–Crippen MR) is 89.0 cm³/mol. The van der Waals surface area contributed by atoms with Gasteiger partial charge < -0.3 is 9.55 Å². The topological polar surface area (TPSA) is 90.7 Å². The number of H-pyrrole nitrogens is 1. The molecule has 0 bridgehead atoms. The van der Waals surface area contributed by atoms with Crippen molar-refractivity contribution in [2.45, 2.75) is 24.5 Å². The summed E-state index contributed by atoms with van der Waals surface area (Å²) >= 11 is 0. The van der Waals surface area contributed by atoms with Gasteiger partial charge >= 0.3 is 6.18 Å². The Hall–Kier alpha value is -2.93. The molecule has 0 aliphatic carbocycles. The van der Waals surface area contributed by atoms with E-state index in [-0.39, 0.29) is 10.6 Å². The molecule has 0 saturated carbocycles. The highest BCUT2D eigenvalue weighted by Gasteiger charge is 2.28. The lowest BCUT2D eigenvalue weighted by Crippen LogP contribution is -2.17. The third kappa shape index (κ3) is 3.39. The third-order valence-corrected chi connectivity index (χ3v) is 5.15. The Morgan fingerprint density at radius 3 is 2.69 bits per heavy atom. The van der Waals surface area contributed by atoms with Gasteiger partial charge in [-0.25, -0.2) is 8.42 Å². The molecule has 26 heavy (non-hydrogen) atoms. The quantitative estimate of drug-likeness (QED) is 0.723. The summed E-state index contributed by atoms with van der Waals surface area (Å²) in [5.74, 6) is 0. The van der Waals surface area contributed by atoms with Crippen LogP contribution >= 0.6 is 0 Å². The molecule has 0 unspecified atom stereocenters. The van der Waals surface area contributed by atoms with E-state index in [1.807, 2.05) is 6.07 Å². The zero-order valence-electron chi connectivity index (χ0n) is 13.4. The van der Waals surface area contributed by atoms with E-state index in [9.17, 15) is 21.6 Å². The predicted octanol–water partition coefficient (Wildman–Crippen LogP) is 3.51. The van der Waals surface area contributed by atoms with Crippen LogP contribution in [-0.2, 0) is 16.6 Å². The molecule has 6 nitrogen and oxygen atoms in total. The van der Waals surface area contributed by atoms with Crippen molar-refractivity contribution >= 4 is 26.6 Å². The monoisotopic (exact) mass is 382 g/mol. The highest BCUT2D eigenvalue weighted by Crippen LogP contribution is 2.30. The molecule has 0 atom stereocenters. The van der Waals surface area contributed by atoms with Crippen LogP contribution in [0.4, 0.5) is 18.9 Å². The van der Waals surface area contributed by atoms with Gasteiger partial charge in [0.15, 0.2) is 0 Å². The molecule has 0 radical (unpaired) electrons. The second-order valence-corrected chi connectivity index (χ2v) is 7.42. The summed E-state index contributed by atoms with van der Waals surface area (Å²) in [5.41, 5.74) is 1.79. The summed E-state index contributed by atoms with van der Waals surface area (Å²) in [5, 5.41) is 9.73. The fourth-order valence-electron chi connectivity index (χ4n) is 2.68. The molecule has 0 aliphatic rings. The molecule has 10 heteroatoms. The highest BCUT2D eigenvalue weighted by molar-refractivity contribution is 7.92. The number of aromatic nitrogens is 2. The molecule has 2 heterocycles. The van der Waals surface area contributed by atoms with Gasteiger partial charge in [0.05, 0.1) is 16.8 Å². The smallest absolute Gasteiger partial charge is 0.358 e. The Morgan fingerprint density at radius 1 is 1.31 bits per heavy atom. The summed E-state index contributed by atoms with van der Waals surface area (Å²) in [6.07, 6.45) is -1.02. The third-order valence-electron chi connectivity index (χ3n) is 3.80. The Morgan fingerprint density at radius 2 is 2.04 bits per heavy atom. The van der Waals surface area contributed by atoms with E-state index in [1.54, 1.807) is 13.0 Å². The minimum Gasteiger partial charge on any atom is -0.358 e. The number of nitrogens with one attached hydrogen (secondary N) is 2. The van der Waals surface area contributed by atoms with E-state index < -0.39 is 22.7 Å². The van der Waals surface area contributed by atoms with Crippen LogP contribution in [0.25, 0.3) is 10.9 Å². The van der Waals surface area contributed by atoms with Crippen LogP contribution in [0.2, 0.25) is 0 Å². The van der Waals surface area contributed by atoms with Crippen LogP contribution in [0.3, 0.4) is 0 Å². The number of halogens is 3. The number of hydrogen-bond acceptors (Lipinski definition) is 3. The van der Waals surface area contributed by atoms with E-state index in [2.05, 4.69) is 9.71 Å². The zero-order valence-corrected chi connectivity index (χ0v) is 14.2. The SMILES string of the molecule is Cc1ccc(NS(=O)(=O)c2ccn(CC(F)(F)F)c2)c2[nH]cc(C#N)c12. The van der Waals surface area contributed by atoms with E-state index in [1.165, 1.54) is 12.3 Å². The van der Waals surface area contributed by atoms with Crippen molar-refractivity contribution in [3.8, 4) is 6.07 Å². The first-order chi connectivity index (χ1) is 12.1. The fraction of sp³-hybridized carbons (Fsp3) is 0.188. The molecule has 0 aliphatic heterocycles. The number of aromatic amines is 1. The van der Waals surface area contributed by atoms with Gasteiger partial charge in [-0.05, 0) is 24.6 Å². The number of benzene rings is 1. The number of nitriles is 1. The molecule has 0 fully saturated rings. The average molecular weight is 382 g/mol. The number of nitrogens with zero attached hydrogens (tertiary/aromatic N) is 2. The molecule has 2 N–H and O–H groups in total. The van der Waals surface area contributed by atoms with Gasteiger partial charge in [-0.1, -0.05) is 6.07 Å². The Kier molecular flexibility index (Phi) is 4.20. The van der Waals surface area contributed by atoms with Crippen LogP contribution in [0.15, 0.2) is 41.7 Å². The van der Waals surface area contributed by atoms with Crippen molar-refractivity contribution in [3.05, 3.63) is 47.9 Å². The summed E-state index contributed by atoms with van der Waals surface area (Å²) in [6.45, 7) is 0.506. The maximum Gasteiger partial charge on any atom is 0.406 e. The number of sulfonamides is 1. The van der Waals surface area contributed by atoms with Gasteiger partial charge in [0.2, 0.25) is 0 Å². The minimum absolute atomic E-state index is 0.204. The fourth-order valence-corrected chi connectivity index (χ4v) is 3.77. The second kappa shape index (κ2) is 6.10. The molecular formula is C16H13F3N4O2S. The van der Waals surface area contributed by atoms with Crippen LogP contribution in [0.1, 0.15) is 11.1 Å². The molecule has 1 aromatic carbocycles. The number of rotatable bonds is 4. The molecule has 0 amide bonds. The van der Waals surface area contributed by atoms with Gasteiger partial charge in [-0.15, -0.1) is 0 Å². The molecule has 3 aromatic rings. The van der Waals surface area contributed by atoms with Gasteiger partial charge in [-0.3, -0.25) is 4.72 Å². The average Bonchev–Trinajstić information content (AvgIpc) is 3.15. The Bertz CT molecular complexity index is 1120. The van der Waals surface area contributed by atoms with E-state index in [0.29, 0.717) is 16.5 Å². The number of alkyl halides is 3. The van der Waals surface area contributed by atoms with Crippen molar-refractivity contribution in [3.63, 3.8) is 0 Å². The van der Waals surface area contributed by atoms with Crippen LogP contribution in [0.5, 0.6) is 0 Å². The van der Waals surface area contributed by atoms with E-state index >= 15 is 0 Å². The zero-order chi connectivity index (χ0) is 19.1. The van der Waals surface area contributed by atoms with Crippen molar-refractivity contribution < 1.29 is 21.6 Å². The van der Waals surface area contributed by atoms with E-state index in [4.69, 9.17) is 5.26 Å². The number of aryl methyl sites for hydroxylation is 1. The van der Waals surface area contributed by atoms with Crippen molar-refractivity contribution in [2.75, 3.05) is 4.72 Å². The molecular weight excluding hydrogens is 369 g/mol. The van der Waals surface area contributed by atoms with Gasteiger partial charge in [0.25, 0.3) is 10.0 Å².